The van der Waals surface area contributed by atoms with Gasteiger partial charge in [0, 0.05) is 31.8 Å². The molecule has 1 aromatic rings. The van der Waals surface area contributed by atoms with E-state index in [1.807, 2.05) is 6.07 Å². The summed E-state index contributed by atoms with van der Waals surface area (Å²) in [4.78, 5) is 12.7. The van der Waals surface area contributed by atoms with Crippen molar-refractivity contribution in [2.45, 2.75) is 32.9 Å². The molecular weight excluding hydrogens is 312 g/mol. The van der Waals surface area contributed by atoms with Gasteiger partial charge in [0.2, 0.25) is 0 Å². The number of nitrogens with zero attached hydrogens (tertiary/aromatic N) is 2. The fourth-order valence-electron chi connectivity index (χ4n) is 1.82. The normalized spacial score (nSPS) is 11.3. The highest BCUT2D eigenvalue weighted by Gasteiger charge is 2.15. The second kappa shape index (κ2) is 7.57. The van der Waals surface area contributed by atoms with Crippen LogP contribution in [0.15, 0.2) is 22.7 Å². The van der Waals surface area contributed by atoms with E-state index >= 15 is 0 Å². The van der Waals surface area contributed by atoms with E-state index in [9.17, 15) is 10.1 Å². The molecule has 0 aliphatic carbocycles. The fraction of sp³-hybridized carbons (Fsp3) is 0.538. The molecule has 19 heavy (non-hydrogen) atoms. The Hall–Kier alpha value is -0.980. The Kier molecular flexibility index (Phi) is 6.41. The second-order valence-electron chi connectivity index (χ2n) is 4.68. The molecule has 0 spiro atoms. The number of aliphatic hydroxyl groups excluding tert-OH is 1. The van der Waals surface area contributed by atoms with Crippen molar-refractivity contribution in [3.05, 3.63) is 38.3 Å². The lowest BCUT2D eigenvalue weighted by Crippen LogP contribution is -2.31. The SMILES string of the molecule is CC(C)N(CCCO)Cc1ccc(Br)c([N+](=O)[O-])c1. The predicted molar refractivity (Wildman–Crippen MR) is 78.0 cm³/mol. The minimum absolute atomic E-state index is 0.0864. The number of halogens is 1. The molecule has 0 saturated heterocycles. The quantitative estimate of drug-likeness (QED) is 0.616. The summed E-state index contributed by atoms with van der Waals surface area (Å²) in [5.41, 5.74) is 0.991. The van der Waals surface area contributed by atoms with E-state index in [4.69, 9.17) is 5.11 Å². The molecule has 0 saturated carbocycles. The first-order valence-corrected chi connectivity index (χ1v) is 7.02. The minimum atomic E-state index is -0.388. The van der Waals surface area contributed by atoms with Crippen LogP contribution in [0.1, 0.15) is 25.8 Å². The highest BCUT2D eigenvalue weighted by atomic mass is 79.9. The van der Waals surface area contributed by atoms with Gasteiger partial charge in [0.1, 0.15) is 0 Å². The van der Waals surface area contributed by atoms with Crippen molar-refractivity contribution in [1.29, 1.82) is 0 Å². The molecule has 0 fully saturated rings. The Bertz CT molecular complexity index is 438. The maximum atomic E-state index is 10.9. The zero-order chi connectivity index (χ0) is 14.4. The Morgan fingerprint density at radius 2 is 2.16 bits per heavy atom. The van der Waals surface area contributed by atoms with E-state index in [1.165, 1.54) is 0 Å². The standard InChI is InChI=1S/C13H19BrN2O3/c1-10(2)15(6-3-7-17)9-11-4-5-12(14)13(8-11)16(18)19/h4-5,8,10,17H,3,6-7,9H2,1-2H3. The summed E-state index contributed by atoms with van der Waals surface area (Å²) < 4.78 is 0.493. The third-order valence-electron chi connectivity index (χ3n) is 2.93. The summed E-state index contributed by atoms with van der Waals surface area (Å²) >= 11 is 3.18. The molecule has 0 heterocycles. The van der Waals surface area contributed by atoms with Crippen molar-refractivity contribution in [1.82, 2.24) is 4.90 Å². The van der Waals surface area contributed by atoms with Crippen molar-refractivity contribution < 1.29 is 10.0 Å². The Labute approximate surface area is 121 Å². The van der Waals surface area contributed by atoms with Crippen LogP contribution in [0, 0.1) is 10.1 Å². The summed E-state index contributed by atoms with van der Waals surface area (Å²) in [7, 11) is 0. The van der Waals surface area contributed by atoms with Crippen molar-refractivity contribution in [3.63, 3.8) is 0 Å². The number of benzene rings is 1. The van der Waals surface area contributed by atoms with Crippen LogP contribution >= 0.6 is 15.9 Å². The number of hydrogen-bond donors (Lipinski definition) is 1. The maximum Gasteiger partial charge on any atom is 0.283 e. The van der Waals surface area contributed by atoms with Gasteiger partial charge in [0.15, 0.2) is 0 Å². The highest BCUT2D eigenvalue weighted by molar-refractivity contribution is 9.10. The molecule has 0 bridgehead atoms. The van der Waals surface area contributed by atoms with Crippen LogP contribution in [-0.4, -0.2) is 34.1 Å². The average Bonchev–Trinajstić information content (AvgIpc) is 2.35. The van der Waals surface area contributed by atoms with Gasteiger partial charge in [-0.3, -0.25) is 15.0 Å². The molecule has 6 heteroatoms. The summed E-state index contributed by atoms with van der Waals surface area (Å²) in [6, 6.07) is 5.51. The lowest BCUT2D eigenvalue weighted by Gasteiger charge is -2.26. The van der Waals surface area contributed by atoms with E-state index in [-0.39, 0.29) is 17.2 Å². The van der Waals surface area contributed by atoms with Gasteiger partial charge in [-0.1, -0.05) is 6.07 Å². The molecule has 0 amide bonds. The summed E-state index contributed by atoms with van der Waals surface area (Å²) in [5, 5.41) is 19.8. The zero-order valence-electron chi connectivity index (χ0n) is 11.2. The smallest absolute Gasteiger partial charge is 0.283 e. The molecule has 0 aliphatic heterocycles. The van der Waals surface area contributed by atoms with E-state index in [2.05, 4.69) is 34.7 Å². The van der Waals surface area contributed by atoms with Crippen molar-refractivity contribution in [2.75, 3.05) is 13.2 Å². The molecule has 0 aliphatic rings. The van der Waals surface area contributed by atoms with Crippen LogP contribution in [0.5, 0.6) is 0 Å². The Balaban J connectivity index is 2.84. The molecule has 0 unspecified atom stereocenters. The highest BCUT2D eigenvalue weighted by Crippen LogP contribution is 2.26. The number of rotatable bonds is 7. The van der Waals surface area contributed by atoms with Gasteiger partial charge in [0.25, 0.3) is 5.69 Å². The van der Waals surface area contributed by atoms with Crippen molar-refractivity contribution >= 4 is 21.6 Å². The zero-order valence-corrected chi connectivity index (χ0v) is 12.8. The fourth-order valence-corrected chi connectivity index (χ4v) is 2.22. The van der Waals surface area contributed by atoms with Crippen LogP contribution in [-0.2, 0) is 6.54 Å². The van der Waals surface area contributed by atoms with Crippen LogP contribution in [0.4, 0.5) is 5.69 Å². The molecule has 5 nitrogen and oxygen atoms in total. The maximum absolute atomic E-state index is 10.9. The van der Waals surface area contributed by atoms with Crippen molar-refractivity contribution in [3.8, 4) is 0 Å². The van der Waals surface area contributed by atoms with Crippen LogP contribution in [0.3, 0.4) is 0 Å². The predicted octanol–water partition coefficient (Wildman–Crippen LogP) is 2.95. The van der Waals surface area contributed by atoms with Crippen LogP contribution < -0.4 is 0 Å². The Morgan fingerprint density at radius 3 is 2.68 bits per heavy atom. The molecule has 1 aromatic carbocycles. The number of aliphatic hydroxyl groups is 1. The van der Waals surface area contributed by atoms with E-state index in [0.29, 0.717) is 23.5 Å². The van der Waals surface area contributed by atoms with Crippen LogP contribution in [0.2, 0.25) is 0 Å². The van der Waals surface area contributed by atoms with Gasteiger partial charge in [-0.15, -0.1) is 0 Å². The van der Waals surface area contributed by atoms with E-state index in [0.717, 1.165) is 12.1 Å². The van der Waals surface area contributed by atoms with E-state index in [1.54, 1.807) is 12.1 Å². The van der Waals surface area contributed by atoms with Crippen molar-refractivity contribution in [2.24, 2.45) is 0 Å². The number of nitro groups is 1. The summed E-state index contributed by atoms with van der Waals surface area (Å²) in [5.74, 6) is 0. The molecule has 0 aromatic heterocycles. The monoisotopic (exact) mass is 330 g/mol. The largest absolute Gasteiger partial charge is 0.396 e. The van der Waals surface area contributed by atoms with Crippen LogP contribution in [0.25, 0.3) is 0 Å². The number of hydrogen-bond acceptors (Lipinski definition) is 4. The molecule has 106 valence electrons. The molecule has 1 N–H and O–H groups in total. The molecule has 0 atom stereocenters. The lowest BCUT2D eigenvalue weighted by atomic mass is 10.1. The third kappa shape index (κ3) is 4.89. The van der Waals surface area contributed by atoms with Gasteiger partial charge >= 0.3 is 0 Å². The lowest BCUT2D eigenvalue weighted by molar-refractivity contribution is -0.385. The first kappa shape index (κ1) is 16.1. The van der Waals surface area contributed by atoms with Gasteiger partial charge in [-0.2, -0.15) is 0 Å². The Morgan fingerprint density at radius 1 is 1.47 bits per heavy atom. The minimum Gasteiger partial charge on any atom is -0.396 e. The summed E-state index contributed by atoms with van der Waals surface area (Å²) in [6.45, 7) is 5.73. The van der Waals surface area contributed by atoms with Gasteiger partial charge in [-0.05, 0) is 47.8 Å². The van der Waals surface area contributed by atoms with Gasteiger partial charge in [0.05, 0.1) is 9.40 Å². The third-order valence-corrected chi connectivity index (χ3v) is 3.60. The van der Waals surface area contributed by atoms with Gasteiger partial charge in [-0.25, -0.2) is 0 Å². The second-order valence-corrected chi connectivity index (χ2v) is 5.54. The summed E-state index contributed by atoms with van der Waals surface area (Å²) in [6.07, 6.45) is 0.705. The molecule has 0 radical (unpaired) electrons. The molecular formula is C13H19BrN2O3. The first-order valence-electron chi connectivity index (χ1n) is 6.23. The van der Waals surface area contributed by atoms with Gasteiger partial charge < -0.3 is 5.11 Å². The first-order chi connectivity index (χ1) is 8.95. The topological polar surface area (TPSA) is 66.6 Å². The molecule has 1 rings (SSSR count). The number of nitro benzene ring substituents is 1. The van der Waals surface area contributed by atoms with E-state index < -0.39 is 0 Å². The average molecular weight is 331 g/mol.